The molecule has 0 amide bonds. The molecule has 0 aliphatic carbocycles. The van der Waals surface area contributed by atoms with Gasteiger partial charge in [0.25, 0.3) is 0 Å². The van der Waals surface area contributed by atoms with E-state index in [-0.39, 0.29) is 0 Å². The van der Waals surface area contributed by atoms with Gasteiger partial charge >= 0.3 is 0 Å². The van der Waals surface area contributed by atoms with Gasteiger partial charge in [0, 0.05) is 10.6 Å². The fourth-order valence-corrected chi connectivity index (χ4v) is 1.88. The van der Waals surface area contributed by atoms with E-state index < -0.39 is 0 Å². The van der Waals surface area contributed by atoms with Crippen LogP contribution in [0.25, 0.3) is 11.3 Å². The first-order valence-corrected chi connectivity index (χ1v) is 5.17. The largest absolute Gasteiger partial charge is 0.230 e. The van der Waals surface area contributed by atoms with E-state index in [1.165, 1.54) is 11.5 Å². The Morgan fingerprint density at radius 2 is 2.00 bits per heavy atom. The summed E-state index contributed by atoms with van der Waals surface area (Å²) in [7, 11) is 0. The number of hydrogen-bond donors (Lipinski definition) is 1. The van der Waals surface area contributed by atoms with Gasteiger partial charge in [0.2, 0.25) is 0 Å². The molecule has 1 heterocycles. The summed E-state index contributed by atoms with van der Waals surface area (Å²) in [6.45, 7) is 0. The van der Waals surface area contributed by atoms with Crippen molar-refractivity contribution in [1.82, 2.24) is 9.59 Å². The average Bonchev–Trinajstić information content (AvgIpc) is 2.53. The highest BCUT2D eigenvalue weighted by molar-refractivity contribution is 7.73. The van der Waals surface area contributed by atoms with Crippen LogP contribution in [0.1, 0.15) is 0 Å². The van der Waals surface area contributed by atoms with Crippen molar-refractivity contribution in [3.05, 3.63) is 33.1 Å². The molecule has 0 aliphatic rings. The summed E-state index contributed by atoms with van der Waals surface area (Å²) in [5.74, 6) is 0. The normalized spacial score (nSPS) is 10.2. The summed E-state index contributed by atoms with van der Waals surface area (Å²) in [6.07, 6.45) is 0. The molecule has 66 valence electrons. The molecular weight excluding hydrogens is 224 g/mol. The summed E-state index contributed by atoms with van der Waals surface area (Å²) < 4.78 is 3.53. The topological polar surface area (TPSA) is 28.7 Å². The molecule has 0 spiro atoms. The molecule has 0 radical (unpaired) electrons. The molecule has 5 heteroatoms. The van der Waals surface area contributed by atoms with E-state index in [9.17, 15) is 0 Å². The summed E-state index contributed by atoms with van der Waals surface area (Å²) in [4.78, 5) is 0. The highest BCUT2D eigenvalue weighted by Gasteiger charge is 2.02. The standard InChI is InChI=1S/C8H5ClN2S2/c9-6-3-1-5(2-4-6)7-8(12)13-11-10-7/h1-4,11H. The predicted molar refractivity (Wildman–Crippen MR) is 57.7 cm³/mol. The van der Waals surface area contributed by atoms with E-state index in [1.807, 2.05) is 24.3 Å². The van der Waals surface area contributed by atoms with Gasteiger partial charge in [-0.1, -0.05) is 36.0 Å². The predicted octanol–water partition coefficient (Wildman–Crippen LogP) is 3.52. The van der Waals surface area contributed by atoms with Crippen LogP contribution in [0.4, 0.5) is 0 Å². The number of rotatable bonds is 1. The molecule has 0 saturated heterocycles. The van der Waals surface area contributed by atoms with Crippen molar-refractivity contribution in [3.8, 4) is 11.3 Å². The molecule has 0 saturated carbocycles. The third kappa shape index (κ3) is 1.80. The van der Waals surface area contributed by atoms with Crippen LogP contribution in [-0.2, 0) is 0 Å². The molecule has 1 aromatic heterocycles. The Morgan fingerprint density at radius 3 is 2.54 bits per heavy atom. The Morgan fingerprint density at radius 1 is 1.31 bits per heavy atom. The first-order valence-electron chi connectivity index (χ1n) is 3.57. The van der Waals surface area contributed by atoms with Crippen molar-refractivity contribution in [1.29, 1.82) is 0 Å². The van der Waals surface area contributed by atoms with E-state index in [0.717, 1.165) is 15.1 Å². The van der Waals surface area contributed by atoms with Gasteiger partial charge in [-0.05, 0) is 23.7 Å². The van der Waals surface area contributed by atoms with Crippen LogP contribution < -0.4 is 0 Å². The second-order valence-corrected chi connectivity index (χ2v) is 4.35. The molecule has 0 fully saturated rings. The second-order valence-electron chi connectivity index (χ2n) is 2.45. The maximum atomic E-state index is 5.76. The van der Waals surface area contributed by atoms with E-state index in [2.05, 4.69) is 9.59 Å². The van der Waals surface area contributed by atoms with Crippen LogP contribution in [-0.4, -0.2) is 9.59 Å². The number of nitrogens with one attached hydrogen (secondary N) is 1. The SMILES string of the molecule is S=c1s[nH]nc1-c1ccc(Cl)cc1. The van der Waals surface area contributed by atoms with Crippen molar-refractivity contribution in [2.24, 2.45) is 0 Å². The molecule has 0 unspecified atom stereocenters. The third-order valence-corrected chi connectivity index (χ3v) is 2.86. The fraction of sp³-hybridized carbons (Fsp3) is 0. The van der Waals surface area contributed by atoms with Crippen LogP contribution in [0.2, 0.25) is 5.02 Å². The molecule has 0 atom stereocenters. The molecule has 0 aliphatic heterocycles. The van der Waals surface area contributed by atoms with E-state index in [1.54, 1.807) is 0 Å². The average molecular weight is 229 g/mol. The van der Waals surface area contributed by atoms with Gasteiger partial charge in [0.15, 0.2) is 0 Å². The van der Waals surface area contributed by atoms with Crippen molar-refractivity contribution in [3.63, 3.8) is 0 Å². The van der Waals surface area contributed by atoms with Gasteiger partial charge < -0.3 is 0 Å². The third-order valence-electron chi connectivity index (χ3n) is 1.61. The number of aromatic amines is 1. The van der Waals surface area contributed by atoms with Gasteiger partial charge in [-0.2, -0.15) is 5.10 Å². The Kier molecular flexibility index (Phi) is 2.44. The summed E-state index contributed by atoms with van der Waals surface area (Å²) >= 11 is 12.2. The zero-order chi connectivity index (χ0) is 9.26. The number of hydrogen-bond acceptors (Lipinski definition) is 3. The Hall–Kier alpha value is -0.710. The lowest BCUT2D eigenvalue weighted by Crippen LogP contribution is -1.77. The van der Waals surface area contributed by atoms with Gasteiger partial charge in [-0.25, -0.2) is 4.49 Å². The number of halogens is 1. The Labute approximate surface area is 89.3 Å². The van der Waals surface area contributed by atoms with Gasteiger partial charge in [-0.3, -0.25) is 0 Å². The lowest BCUT2D eigenvalue weighted by atomic mass is 10.2. The first kappa shape index (κ1) is 8.87. The summed E-state index contributed by atoms with van der Waals surface area (Å²) in [5.41, 5.74) is 1.81. The number of nitrogens with zero attached hydrogens (tertiary/aromatic N) is 1. The second kappa shape index (κ2) is 3.57. The van der Waals surface area contributed by atoms with Gasteiger partial charge in [0.05, 0.1) is 0 Å². The van der Waals surface area contributed by atoms with Crippen LogP contribution >= 0.6 is 35.4 Å². The number of H-pyrrole nitrogens is 1. The lowest BCUT2D eigenvalue weighted by Gasteiger charge is -1.94. The molecule has 2 rings (SSSR count). The minimum atomic E-state index is 0.717. The quantitative estimate of drug-likeness (QED) is 0.757. The monoisotopic (exact) mass is 228 g/mol. The lowest BCUT2D eigenvalue weighted by molar-refractivity contribution is 1.16. The summed E-state index contributed by atoms with van der Waals surface area (Å²) in [6, 6.07) is 7.46. The highest BCUT2D eigenvalue weighted by atomic mass is 35.5. The molecule has 2 aromatic rings. The molecule has 0 bridgehead atoms. The van der Waals surface area contributed by atoms with Crippen LogP contribution in [0, 0.1) is 3.82 Å². The van der Waals surface area contributed by atoms with Crippen molar-refractivity contribution < 1.29 is 0 Å². The van der Waals surface area contributed by atoms with Crippen LogP contribution in [0.3, 0.4) is 0 Å². The van der Waals surface area contributed by atoms with Crippen molar-refractivity contribution >= 4 is 35.4 Å². The smallest absolute Gasteiger partial charge is 0.136 e. The van der Waals surface area contributed by atoms with E-state index >= 15 is 0 Å². The van der Waals surface area contributed by atoms with E-state index in [0.29, 0.717) is 5.02 Å². The van der Waals surface area contributed by atoms with Crippen molar-refractivity contribution in [2.75, 3.05) is 0 Å². The minimum Gasteiger partial charge on any atom is -0.230 e. The van der Waals surface area contributed by atoms with Crippen LogP contribution in [0.5, 0.6) is 0 Å². The zero-order valence-corrected chi connectivity index (χ0v) is 8.84. The zero-order valence-electron chi connectivity index (χ0n) is 6.45. The number of aromatic nitrogens is 2. The maximum Gasteiger partial charge on any atom is 0.136 e. The maximum absolute atomic E-state index is 5.76. The molecule has 1 N–H and O–H groups in total. The fourth-order valence-electron chi connectivity index (χ4n) is 0.994. The van der Waals surface area contributed by atoms with Gasteiger partial charge in [-0.15, -0.1) is 0 Å². The van der Waals surface area contributed by atoms with E-state index in [4.69, 9.17) is 23.8 Å². The molecule has 1 aromatic carbocycles. The first-order chi connectivity index (χ1) is 6.27. The molecule has 2 nitrogen and oxygen atoms in total. The Bertz CT molecular complexity index is 457. The molecular formula is C8H5ClN2S2. The Balaban J connectivity index is 2.54. The van der Waals surface area contributed by atoms with Crippen LogP contribution in [0.15, 0.2) is 24.3 Å². The highest BCUT2D eigenvalue weighted by Crippen LogP contribution is 2.21. The minimum absolute atomic E-state index is 0.717. The van der Waals surface area contributed by atoms with Gasteiger partial charge in [0.1, 0.15) is 9.52 Å². The number of benzene rings is 1. The van der Waals surface area contributed by atoms with Crippen molar-refractivity contribution in [2.45, 2.75) is 0 Å². The molecule has 13 heavy (non-hydrogen) atoms. The summed E-state index contributed by atoms with van der Waals surface area (Å²) in [5, 5.41) is 4.78.